The van der Waals surface area contributed by atoms with E-state index in [2.05, 4.69) is 20.7 Å². The van der Waals surface area contributed by atoms with E-state index in [-0.39, 0.29) is 12.5 Å². The Morgan fingerprint density at radius 3 is 2.72 bits per heavy atom. The van der Waals surface area contributed by atoms with E-state index >= 15 is 0 Å². The zero-order valence-electron chi connectivity index (χ0n) is 19.6. The average molecular weight is 520 g/mol. The summed E-state index contributed by atoms with van der Waals surface area (Å²) in [7, 11) is 0. The summed E-state index contributed by atoms with van der Waals surface area (Å²) in [6.45, 7) is 4.12. The van der Waals surface area contributed by atoms with Crippen LogP contribution in [0.25, 0.3) is 0 Å². The molecular formula is C27H23Cl2N5O2. The summed E-state index contributed by atoms with van der Waals surface area (Å²) in [6.07, 6.45) is 1.47. The zero-order valence-corrected chi connectivity index (χ0v) is 21.1. The van der Waals surface area contributed by atoms with Crippen molar-refractivity contribution in [2.24, 2.45) is 0 Å². The molecular weight excluding hydrogens is 497 g/mol. The first-order valence-corrected chi connectivity index (χ1v) is 12.1. The van der Waals surface area contributed by atoms with Crippen molar-refractivity contribution >= 4 is 40.7 Å². The van der Waals surface area contributed by atoms with Crippen LogP contribution in [0, 0.1) is 6.92 Å². The van der Waals surface area contributed by atoms with Crippen molar-refractivity contribution in [1.29, 1.82) is 0 Å². The Hall–Kier alpha value is -3.81. The van der Waals surface area contributed by atoms with Gasteiger partial charge in [0.2, 0.25) is 5.95 Å². The number of rotatable bonds is 6. The van der Waals surface area contributed by atoms with Crippen molar-refractivity contribution in [3.05, 3.63) is 111 Å². The maximum Gasteiger partial charge on any atom is 0.255 e. The number of benzene rings is 3. The second-order valence-electron chi connectivity index (χ2n) is 8.51. The Bertz CT molecular complexity index is 1480. The van der Waals surface area contributed by atoms with Gasteiger partial charge in [-0.1, -0.05) is 53.5 Å². The van der Waals surface area contributed by atoms with E-state index in [1.165, 1.54) is 6.33 Å². The molecule has 182 valence electrons. The van der Waals surface area contributed by atoms with Gasteiger partial charge in [0, 0.05) is 27.0 Å². The third kappa shape index (κ3) is 4.94. The minimum atomic E-state index is -0.503. The van der Waals surface area contributed by atoms with Crippen LogP contribution in [0.2, 0.25) is 10.0 Å². The van der Waals surface area contributed by atoms with Crippen molar-refractivity contribution in [3.63, 3.8) is 0 Å². The van der Waals surface area contributed by atoms with Gasteiger partial charge in [0.15, 0.2) is 0 Å². The molecule has 5 rings (SSSR count). The number of hydrogen-bond acceptors (Lipinski definition) is 5. The van der Waals surface area contributed by atoms with Gasteiger partial charge in [0.05, 0.1) is 5.57 Å². The monoisotopic (exact) mass is 519 g/mol. The summed E-state index contributed by atoms with van der Waals surface area (Å²) in [5, 5.41) is 11.7. The number of fused-ring (bicyclic) bond motifs is 1. The highest BCUT2D eigenvalue weighted by Crippen LogP contribution is 2.36. The molecule has 0 radical (unpaired) electrons. The van der Waals surface area contributed by atoms with Crippen LogP contribution in [-0.2, 0) is 11.4 Å². The van der Waals surface area contributed by atoms with Crippen LogP contribution in [-0.4, -0.2) is 20.7 Å². The summed E-state index contributed by atoms with van der Waals surface area (Å²) in [4.78, 5) is 17.8. The molecule has 36 heavy (non-hydrogen) atoms. The van der Waals surface area contributed by atoms with Crippen LogP contribution >= 0.6 is 23.2 Å². The van der Waals surface area contributed by atoms with E-state index in [0.717, 1.165) is 22.4 Å². The Balaban J connectivity index is 1.46. The Labute approximate surface area is 218 Å². The lowest BCUT2D eigenvalue weighted by atomic mass is 9.94. The van der Waals surface area contributed by atoms with Crippen molar-refractivity contribution in [3.8, 4) is 5.75 Å². The SMILES string of the molecule is CC1=C(C(=O)Nc2cccc(C)c2)C(c2cccc(OCc3ccc(Cl)cc3Cl)c2)n2ncnc2N1. The zero-order chi connectivity index (χ0) is 25.2. The highest BCUT2D eigenvalue weighted by molar-refractivity contribution is 6.35. The van der Waals surface area contributed by atoms with Crippen molar-refractivity contribution in [2.45, 2.75) is 26.5 Å². The van der Waals surface area contributed by atoms with Crippen LogP contribution in [0.1, 0.15) is 29.7 Å². The molecule has 1 atom stereocenters. The van der Waals surface area contributed by atoms with Gasteiger partial charge in [-0.05, 0) is 61.4 Å². The van der Waals surface area contributed by atoms with Crippen LogP contribution in [0.4, 0.5) is 11.6 Å². The molecule has 1 aromatic heterocycles. The Morgan fingerprint density at radius 1 is 1.08 bits per heavy atom. The van der Waals surface area contributed by atoms with E-state index < -0.39 is 6.04 Å². The number of carbonyl (C=O) groups is 1. The summed E-state index contributed by atoms with van der Waals surface area (Å²) in [5.74, 6) is 0.967. The fourth-order valence-corrected chi connectivity index (χ4v) is 4.65. The van der Waals surface area contributed by atoms with Gasteiger partial charge in [0.25, 0.3) is 5.91 Å². The minimum Gasteiger partial charge on any atom is -0.489 e. The normalized spacial score (nSPS) is 14.7. The predicted octanol–water partition coefficient (Wildman–Crippen LogP) is 6.40. The Kier molecular flexibility index (Phi) is 6.67. The van der Waals surface area contributed by atoms with E-state index in [1.807, 2.05) is 68.4 Å². The smallest absolute Gasteiger partial charge is 0.255 e. The number of hydrogen-bond donors (Lipinski definition) is 2. The van der Waals surface area contributed by atoms with E-state index in [0.29, 0.717) is 33.0 Å². The number of carbonyl (C=O) groups excluding carboxylic acids is 1. The molecule has 2 N–H and O–H groups in total. The molecule has 0 aliphatic carbocycles. The van der Waals surface area contributed by atoms with Gasteiger partial charge in [-0.25, -0.2) is 4.68 Å². The first-order chi connectivity index (χ1) is 17.4. The maximum absolute atomic E-state index is 13.5. The molecule has 9 heteroatoms. The molecule has 7 nitrogen and oxygen atoms in total. The maximum atomic E-state index is 13.5. The second kappa shape index (κ2) is 10.0. The third-order valence-corrected chi connectivity index (χ3v) is 6.49. The lowest BCUT2D eigenvalue weighted by Gasteiger charge is -2.29. The molecule has 4 aromatic rings. The molecule has 1 aliphatic rings. The molecule has 1 amide bonds. The fraction of sp³-hybridized carbons (Fsp3) is 0.148. The summed E-state index contributed by atoms with van der Waals surface area (Å²) in [6, 6.07) is 20.1. The number of nitrogens with zero attached hydrogens (tertiary/aromatic N) is 3. The van der Waals surface area contributed by atoms with E-state index in [4.69, 9.17) is 27.9 Å². The molecule has 1 aliphatic heterocycles. The molecule has 0 saturated heterocycles. The number of aromatic nitrogens is 3. The Morgan fingerprint density at radius 2 is 1.92 bits per heavy atom. The largest absolute Gasteiger partial charge is 0.489 e. The van der Waals surface area contributed by atoms with Gasteiger partial charge >= 0.3 is 0 Å². The summed E-state index contributed by atoms with van der Waals surface area (Å²) in [5.41, 5.74) is 4.66. The van der Waals surface area contributed by atoms with Gasteiger partial charge in [-0.15, -0.1) is 0 Å². The minimum absolute atomic E-state index is 0.226. The lowest BCUT2D eigenvalue weighted by molar-refractivity contribution is -0.113. The van der Waals surface area contributed by atoms with Crippen molar-refractivity contribution in [1.82, 2.24) is 14.8 Å². The molecule has 0 spiro atoms. The topological polar surface area (TPSA) is 81.1 Å². The van der Waals surface area contributed by atoms with Gasteiger partial charge in [-0.3, -0.25) is 4.79 Å². The predicted molar refractivity (Wildman–Crippen MR) is 142 cm³/mol. The highest BCUT2D eigenvalue weighted by Gasteiger charge is 2.33. The van der Waals surface area contributed by atoms with Crippen LogP contribution in [0.15, 0.2) is 84.3 Å². The second-order valence-corrected chi connectivity index (χ2v) is 9.36. The van der Waals surface area contributed by atoms with E-state index in [9.17, 15) is 4.79 Å². The van der Waals surface area contributed by atoms with Gasteiger partial charge < -0.3 is 15.4 Å². The van der Waals surface area contributed by atoms with Gasteiger partial charge in [0.1, 0.15) is 24.7 Å². The van der Waals surface area contributed by atoms with Crippen LogP contribution in [0.3, 0.4) is 0 Å². The number of aryl methyl sites for hydroxylation is 1. The summed E-state index contributed by atoms with van der Waals surface area (Å²) < 4.78 is 7.74. The molecule has 0 bridgehead atoms. The standard InChI is InChI=1S/C27H23Cl2N5O2/c1-16-5-3-7-21(11-16)33-26(35)24-17(2)32-27-30-15-31-34(27)25(24)18-6-4-8-22(12-18)36-14-19-9-10-20(28)13-23(19)29/h3-13,15,25H,14H2,1-2H3,(H,33,35)(H,30,31,32). The van der Waals surface area contributed by atoms with Crippen molar-refractivity contribution in [2.75, 3.05) is 10.6 Å². The summed E-state index contributed by atoms with van der Waals surface area (Å²) >= 11 is 12.3. The highest BCUT2D eigenvalue weighted by atomic mass is 35.5. The molecule has 1 unspecified atom stereocenters. The molecule has 3 aromatic carbocycles. The number of allylic oxidation sites excluding steroid dienone is 1. The number of amides is 1. The molecule has 0 fully saturated rings. The quantitative estimate of drug-likeness (QED) is 0.308. The fourth-order valence-electron chi connectivity index (χ4n) is 4.19. The van der Waals surface area contributed by atoms with Crippen LogP contribution in [0.5, 0.6) is 5.75 Å². The lowest BCUT2D eigenvalue weighted by Crippen LogP contribution is -2.31. The van der Waals surface area contributed by atoms with E-state index in [1.54, 1.807) is 16.8 Å². The first kappa shape index (κ1) is 23.9. The number of anilines is 2. The number of ether oxygens (including phenoxy) is 1. The first-order valence-electron chi connectivity index (χ1n) is 11.3. The number of halogens is 2. The van der Waals surface area contributed by atoms with Gasteiger partial charge in [-0.2, -0.15) is 10.1 Å². The molecule has 0 saturated carbocycles. The third-order valence-electron chi connectivity index (χ3n) is 5.90. The van der Waals surface area contributed by atoms with Crippen LogP contribution < -0.4 is 15.4 Å². The van der Waals surface area contributed by atoms with Crippen molar-refractivity contribution < 1.29 is 9.53 Å². The molecule has 2 heterocycles. The average Bonchev–Trinajstić information content (AvgIpc) is 3.31. The number of nitrogens with one attached hydrogen (secondary N) is 2.